The molecule has 2 aromatic rings. The average molecular weight is 437 g/mol. The predicted octanol–water partition coefficient (Wildman–Crippen LogP) is 4.69. The first-order chi connectivity index (χ1) is 13.5. The summed E-state index contributed by atoms with van der Waals surface area (Å²) in [7, 11) is -3.71. The lowest BCUT2D eigenvalue weighted by Gasteiger charge is -2.31. The Labute approximate surface area is 179 Å². The number of hydrogen-bond acceptors (Lipinski definition) is 3. The van der Waals surface area contributed by atoms with Crippen LogP contribution in [-0.4, -0.2) is 26.6 Å². The van der Waals surface area contributed by atoms with Gasteiger partial charge >= 0.3 is 0 Å². The van der Waals surface area contributed by atoms with Gasteiger partial charge in [-0.3, -0.25) is 9.10 Å². The monoisotopic (exact) mass is 436 g/mol. The highest BCUT2D eigenvalue weighted by atomic mass is 35.5. The smallest absolute Gasteiger partial charge is 0.244 e. The summed E-state index contributed by atoms with van der Waals surface area (Å²) in [6, 6.07) is 9.95. The number of nitrogens with one attached hydrogen (secondary N) is 1. The van der Waals surface area contributed by atoms with Crippen molar-refractivity contribution in [2.24, 2.45) is 0 Å². The van der Waals surface area contributed by atoms with E-state index in [1.54, 1.807) is 25.1 Å². The van der Waals surface area contributed by atoms with E-state index in [1.807, 2.05) is 45.9 Å². The highest BCUT2D eigenvalue weighted by Crippen LogP contribution is 2.28. The zero-order chi connectivity index (χ0) is 21.9. The number of halogens is 1. The first kappa shape index (κ1) is 23.2. The number of nitrogens with zero attached hydrogens (tertiary/aromatic N) is 1. The van der Waals surface area contributed by atoms with E-state index in [1.165, 1.54) is 0 Å². The zero-order valence-corrected chi connectivity index (χ0v) is 19.4. The highest BCUT2D eigenvalue weighted by Gasteiger charge is 2.32. The molecule has 0 saturated heterocycles. The van der Waals surface area contributed by atoms with Crippen molar-refractivity contribution in [3.05, 3.63) is 63.7 Å². The van der Waals surface area contributed by atoms with Crippen LogP contribution in [-0.2, 0) is 14.8 Å². The lowest BCUT2D eigenvalue weighted by Crippen LogP contribution is -2.49. The fourth-order valence-electron chi connectivity index (χ4n) is 3.39. The van der Waals surface area contributed by atoms with Crippen LogP contribution in [0.4, 0.5) is 5.69 Å². The summed E-state index contributed by atoms with van der Waals surface area (Å²) >= 11 is 6.21. The lowest BCUT2D eigenvalue weighted by atomic mass is 9.99. The van der Waals surface area contributed by atoms with E-state index >= 15 is 0 Å². The molecule has 0 heterocycles. The Morgan fingerprint density at radius 2 is 1.72 bits per heavy atom. The second-order valence-corrected chi connectivity index (χ2v) is 9.77. The Kier molecular flexibility index (Phi) is 7.35. The van der Waals surface area contributed by atoms with Crippen molar-refractivity contribution in [3.8, 4) is 0 Å². The van der Waals surface area contributed by atoms with Gasteiger partial charge in [-0.1, -0.05) is 48.4 Å². The molecule has 2 rings (SSSR count). The first-order valence-electron chi connectivity index (χ1n) is 9.58. The molecule has 0 bridgehead atoms. The molecule has 2 unspecified atom stereocenters. The van der Waals surface area contributed by atoms with Crippen LogP contribution in [0, 0.1) is 20.8 Å². The minimum Gasteiger partial charge on any atom is -0.348 e. The van der Waals surface area contributed by atoms with Crippen molar-refractivity contribution in [1.29, 1.82) is 0 Å². The molecular weight excluding hydrogens is 408 g/mol. The maximum Gasteiger partial charge on any atom is 0.244 e. The summed E-state index contributed by atoms with van der Waals surface area (Å²) in [5.41, 5.74) is 4.40. The van der Waals surface area contributed by atoms with Crippen molar-refractivity contribution in [2.75, 3.05) is 10.6 Å². The Bertz CT molecular complexity index is 1010. The number of carbonyl (C=O) groups is 1. The second-order valence-electron chi connectivity index (χ2n) is 7.51. The number of rotatable bonds is 7. The summed E-state index contributed by atoms with van der Waals surface area (Å²) in [5, 5.41) is 3.44. The SMILES string of the molecule is CCC(C(=O)NC(C)c1cc(C)ccc1C)N(c1ccc(C)c(Cl)c1)S(C)(=O)=O. The van der Waals surface area contributed by atoms with E-state index in [0.717, 1.165) is 32.8 Å². The summed E-state index contributed by atoms with van der Waals surface area (Å²) < 4.78 is 26.3. The topological polar surface area (TPSA) is 66.5 Å². The maximum absolute atomic E-state index is 13.1. The molecule has 5 nitrogen and oxygen atoms in total. The number of benzene rings is 2. The van der Waals surface area contributed by atoms with Crippen LogP contribution in [0.3, 0.4) is 0 Å². The summed E-state index contributed by atoms with van der Waals surface area (Å²) in [4.78, 5) is 13.1. The van der Waals surface area contributed by atoms with Crippen LogP contribution in [0.2, 0.25) is 5.02 Å². The summed E-state index contributed by atoms with van der Waals surface area (Å²) in [6.45, 7) is 9.53. The van der Waals surface area contributed by atoms with Gasteiger partial charge in [0.05, 0.1) is 18.0 Å². The molecule has 0 spiro atoms. The maximum atomic E-state index is 13.1. The third-order valence-electron chi connectivity index (χ3n) is 5.00. The third-order valence-corrected chi connectivity index (χ3v) is 6.59. The van der Waals surface area contributed by atoms with Crippen molar-refractivity contribution in [2.45, 2.75) is 53.1 Å². The molecule has 0 radical (unpaired) electrons. The molecule has 7 heteroatoms. The summed E-state index contributed by atoms with van der Waals surface area (Å²) in [5.74, 6) is -0.344. The van der Waals surface area contributed by atoms with Crippen molar-refractivity contribution in [3.63, 3.8) is 0 Å². The molecule has 158 valence electrons. The second kappa shape index (κ2) is 9.18. The van der Waals surface area contributed by atoms with Gasteiger partial charge in [0.2, 0.25) is 15.9 Å². The lowest BCUT2D eigenvalue weighted by molar-refractivity contribution is -0.122. The quantitative estimate of drug-likeness (QED) is 0.684. The van der Waals surface area contributed by atoms with Gasteiger partial charge in [0, 0.05) is 5.02 Å². The number of carbonyl (C=O) groups excluding carboxylic acids is 1. The molecule has 29 heavy (non-hydrogen) atoms. The van der Waals surface area contributed by atoms with Gasteiger partial charge in [-0.15, -0.1) is 0 Å². The Hall–Kier alpha value is -2.05. The van der Waals surface area contributed by atoms with E-state index < -0.39 is 16.1 Å². The highest BCUT2D eigenvalue weighted by molar-refractivity contribution is 7.92. The van der Waals surface area contributed by atoms with Gasteiger partial charge in [0.15, 0.2) is 0 Å². The molecule has 0 aliphatic rings. The van der Waals surface area contributed by atoms with E-state index in [-0.39, 0.29) is 11.9 Å². The molecule has 0 aliphatic heterocycles. The Morgan fingerprint density at radius 1 is 1.10 bits per heavy atom. The zero-order valence-electron chi connectivity index (χ0n) is 17.8. The van der Waals surface area contributed by atoms with E-state index in [4.69, 9.17) is 11.6 Å². The number of amides is 1. The van der Waals surface area contributed by atoms with E-state index in [0.29, 0.717) is 17.1 Å². The Balaban J connectivity index is 2.37. The van der Waals surface area contributed by atoms with Gasteiger partial charge < -0.3 is 5.32 Å². The Morgan fingerprint density at radius 3 is 2.28 bits per heavy atom. The molecule has 1 amide bonds. The van der Waals surface area contributed by atoms with Gasteiger partial charge in [-0.2, -0.15) is 0 Å². The minimum absolute atomic E-state index is 0.250. The predicted molar refractivity (Wildman–Crippen MR) is 120 cm³/mol. The van der Waals surface area contributed by atoms with Gasteiger partial charge in [0.25, 0.3) is 0 Å². The van der Waals surface area contributed by atoms with Gasteiger partial charge in [0.1, 0.15) is 6.04 Å². The number of sulfonamides is 1. The van der Waals surface area contributed by atoms with Crippen LogP contribution in [0.15, 0.2) is 36.4 Å². The normalized spacial score (nSPS) is 13.6. The molecular formula is C22H29ClN2O3S. The van der Waals surface area contributed by atoms with Crippen LogP contribution < -0.4 is 9.62 Å². The van der Waals surface area contributed by atoms with Crippen LogP contribution in [0.25, 0.3) is 0 Å². The fourth-order valence-corrected chi connectivity index (χ4v) is 4.77. The summed E-state index contributed by atoms with van der Waals surface area (Å²) in [6.07, 6.45) is 1.43. The minimum atomic E-state index is -3.71. The molecule has 0 aliphatic carbocycles. The third kappa shape index (κ3) is 5.52. The van der Waals surface area contributed by atoms with Crippen molar-refractivity contribution >= 4 is 33.2 Å². The number of hydrogen-bond donors (Lipinski definition) is 1. The fraction of sp³-hybridized carbons (Fsp3) is 0.409. The first-order valence-corrected chi connectivity index (χ1v) is 11.8. The van der Waals surface area contributed by atoms with E-state index in [2.05, 4.69) is 5.32 Å². The van der Waals surface area contributed by atoms with Crippen LogP contribution >= 0.6 is 11.6 Å². The number of aryl methyl sites for hydroxylation is 3. The van der Waals surface area contributed by atoms with Gasteiger partial charge in [-0.25, -0.2) is 8.42 Å². The van der Waals surface area contributed by atoms with E-state index in [9.17, 15) is 13.2 Å². The molecule has 2 atom stereocenters. The molecule has 2 aromatic carbocycles. The molecule has 0 aromatic heterocycles. The largest absolute Gasteiger partial charge is 0.348 e. The molecule has 0 saturated carbocycles. The number of anilines is 1. The molecule has 0 fully saturated rings. The van der Waals surface area contributed by atoms with Crippen LogP contribution in [0.1, 0.15) is 48.6 Å². The van der Waals surface area contributed by atoms with Gasteiger partial charge in [-0.05, 0) is 62.9 Å². The van der Waals surface area contributed by atoms with Crippen molar-refractivity contribution in [1.82, 2.24) is 5.32 Å². The average Bonchev–Trinajstić information content (AvgIpc) is 2.62. The van der Waals surface area contributed by atoms with Crippen molar-refractivity contribution < 1.29 is 13.2 Å². The molecule has 1 N–H and O–H groups in total. The van der Waals surface area contributed by atoms with Crippen LogP contribution in [0.5, 0.6) is 0 Å². The standard InChI is InChI=1S/C22H29ClN2O3S/c1-7-21(22(26)24-17(5)19-12-14(2)8-9-15(19)3)25(29(6,27)28)18-11-10-16(4)20(23)13-18/h8-13,17,21H,7H2,1-6H3,(H,24,26).